The molecule has 0 aliphatic carbocycles. The Labute approximate surface area is 260 Å². The second-order valence-electron chi connectivity index (χ2n) is 11.7. The number of carbonyl (C=O) groups excluding carboxylic acids is 3. The van der Waals surface area contributed by atoms with E-state index in [2.05, 4.69) is 6.07 Å². The molecule has 45 heavy (non-hydrogen) atoms. The maximum Gasteiger partial charge on any atom is 0.416 e. The Balaban J connectivity index is 1.85. The number of esters is 1. The number of ether oxygens (including phenoxy) is 2. The first kappa shape index (κ1) is 33.1. The van der Waals surface area contributed by atoms with Gasteiger partial charge in [-0.15, -0.1) is 0 Å². The topological polar surface area (TPSA) is 103 Å². The van der Waals surface area contributed by atoms with Crippen LogP contribution in [-0.4, -0.2) is 60.2 Å². The number of nitrogens with zero attached hydrogens (tertiary/aromatic N) is 4. The van der Waals surface area contributed by atoms with Crippen molar-refractivity contribution in [3.8, 4) is 6.07 Å². The van der Waals surface area contributed by atoms with Gasteiger partial charge >= 0.3 is 24.3 Å². The molecule has 0 fully saturated rings. The van der Waals surface area contributed by atoms with Crippen LogP contribution in [0.1, 0.15) is 69.3 Å². The molecule has 3 amide bonds. The van der Waals surface area contributed by atoms with Crippen LogP contribution in [0.15, 0.2) is 59.8 Å². The Bertz CT molecular complexity index is 1620. The minimum absolute atomic E-state index is 0.0232. The largest absolute Gasteiger partial charge is 0.463 e. The van der Waals surface area contributed by atoms with E-state index in [0.29, 0.717) is 29.7 Å². The first-order valence-electron chi connectivity index (χ1n) is 14.4. The van der Waals surface area contributed by atoms with E-state index in [1.165, 1.54) is 31.0 Å². The van der Waals surface area contributed by atoms with Gasteiger partial charge in [-0.25, -0.2) is 14.4 Å². The fourth-order valence-corrected chi connectivity index (χ4v) is 5.43. The molecule has 0 aromatic heterocycles. The Kier molecular flexibility index (Phi) is 9.32. The summed E-state index contributed by atoms with van der Waals surface area (Å²) in [7, 11) is 1.46. The quantitative estimate of drug-likeness (QED) is 0.330. The Morgan fingerprint density at radius 2 is 1.82 bits per heavy atom. The van der Waals surface area contributed by atoms with Crippen LogP contribution in [0.4, 0.5) is 28.4 Å². The number of anilines is 1. The van der Waals surface area contributed by atoms with Crippen molar-refractivity contribution >= 4 is 29.4 Å². The van der Waals surface area contributed by atoms with Crippen LogP contribution in [0.5, 0.6) is 0 Å². The number of urea groups is 1. The van der Waals surface area contributed by atoms with E-state index >= 15 is 0 Å². The molecule has 12 heteroatoms. The van der Waals surface area contributed by atoms with Crippen molar-refractivity contribution in [2.75, 3.05) is 31.6 Å². The Hall–Kier alpha value is -4.79. The molecular formula is C33H35F3N4O5. The molecule has 2 heterocycles. The molecule has 0 radical (unpaired) electrons. The van der Waals surface area contributed by atoms with E-state index in [1.807, 2.05) is 6.08 Å². The number of allylic oxidation sites excluding steroid dienone is 1. The highest BCUT2D eigenvalue weighted by Crippen LogP contribution is 2.43. The lowest BCUT2D eigenvalue weighted by molar-refractivity contribution is -0.139. The highest BCUT2D eigenvalue weighted by Gasteiger charge is 2.43. The summed E-state index contributed by atoms with van der Waals surface area (Å²) in [6.45, 7) is 9.05. The first-order chi connectivity index (χ1) is 21.1. The number of benzene rings is 2. The van der Waals surface area contributed by atoms with Gasteiger partial charge < -0.3 is 19.3 Å². The molecular weight excluding hydrogens is 589 g/mol. The smallest absolute Gasteiger partial charge is 0.416 e. The van der Waals surface area contributed by atoms with Crippen LogP contribution in [-0.2, 0) is 20.4 Å². The lowest BCUT2D eigenvalue weighted by Gasteiger charge is -2.42. The van der Waals surface area contributed by atoms with Crippen molar-refractivity contribution in [1.29, 1.82) is 5.26 Å². The van der Waals surface area contributed by atoms with Gasteiger partial charge in [-0.3, -0.25) is 4.90 Å². The fraction of sp³-hybridized carbons (Fsp3) is 0.394. The summed E-state index contributed by atoms with van der Waals surface area (Å²) in [5.74, 6) is -0.736. The Morgan fingerprint density at radius 3 is 2.40 bits per heavy atom. The van der Waals surface area contributed by atoms with Crippen LogP contribution >= 0.6 is 0 Å². The van der Waals surface area contributed by atoms with Crippen molar-refractivity contribution in [3.05, 3.63) is 82.1 Å². The molecule has 0 bridgehead atoms. The van der Waals surface area contributed by atoms with Crippen molar-refractivity contribution in [3.63, 3.8) is 0 Å². The summed E-state index contributed by atoms with van der Waals surface area (Å²) in [6, 6.07) is 9.70. The van der Waals surface area contributed by atoms with Crippen LogP contribution in [0.25, 0.3) is 5.57 Å². The number of alkyl halides is 3. The molecule has 2 aliphatic rings. The first-order valence-corrected chi connectivity index (χ1v) is 14.4. The van der Waals surface area contributed by atoms with Crippen LogP contribution in [0.2, 0.25) is 0 Å². The normalized spacial score (nSPS) is 17.6. The zero-order valence-electron chi connectivity index (χ0n) is 26.0. The van der Waals surface area contributed by atoms with Gasteiger partial charge in [0.2, 0.25) is 0 Å². The summed E-state index contributed by atoms with van der Waals surface area (Å²) in [5.41, 5.74) is 0.778. The summed E-state index contributed by atoms with van der Waals surface area (Å²) >= 11 is 0. The average Bonchev–Trinajstić information content (AvgIpc) is 2.97. The molecule has 1 unspecified atom stereocenters. The van der Waals surface area contributed by atoms with Gasteiger partial charge in [0, 0.05) is 25.8 Å². The zero-order valence-corrected chi connectivity index (χ0v) is 26.0. The van der Waals surface area contributed by atoms with Gasteiger partial charge in [-0.05, 0) is 88.1 Å². The number of nitriles is 1. The predicted octanol–water partition coefficient (Wildman–Crippen LogP) is 7.05. The van der Waals surface area contributed by atoms with E-state index in [4.69, 9.17) is 9.47 Å². The molecule has 9 nitrogen and oxygen atoms in total. The molecule has 0 saturated carbocycles. The van der Waals surface area contributed by atoms with Crippen LogP contribution in [0, 0.1) is 11.3 Å². The average molecular weight is 625 g/mol. The van der Waals surface area contributed by atoms with Gasteiger partial charge in [-0.1, -0.05) is 18.2 Å². The number of rotatable bonds is 5. The predicted molar refractivity (Wildman–Crippen MR) is 161 cm³/mol. The summed E-state index contributed by atoms with van der Waals surface area (Å²) < 4.78 is 51.6. The van der Waals surface area contributed by atoms with E-state index < -0.39 is 41.5 Å². The molecule has 4 rings (SSSR count). The van der Waals surface area contributed by atoms with Gasteiger partial charge in [0.15, 0.2) is 0 Å². The Morgan fingerprint density at radius 1 is 1.11 bits per heavy atom. The van der Waals surface area contributed by atoms with Crippen molar-refractivity contribution in [2.24, 2.45) is 0 Å². The third kappa shape index (κ3) is 6.98. The lowest BCUT2D eigenvalue weighted by atomic mass is 9.85. The number of hydrogen-bond acceptors (Lipinski definition) is 6. The van der Waals surface area contributed by atoms with E-state index in [0.717, 1.165) is 22.6 Å². The maximum atomic E-state index is 13.9. The van der Waals surface area contributed by atoms with E-state index in [9.17, 15) is 32.8 Å². The molecule has 2 aliphatic heterocycles. The third-order valence-corrected chi connectivity index (χ3v) is 7.49. The van der Waals surface area contributed by atoms with Crippen molar-refractivity contribution < 1.29 is 37.0 Å². The number of halogens is 3. The third-order valence-electron chi connectivity index (χ3n) is 7.49. The monoisotopic (exact) mass is 624 g/mol. The van der Waals surface area contributed by atoms with Crippen molar-refractivity contribution in [2.45, 2.75) is 58.9 Å². The van der Waals surface area contributed by atoms with Crippen molar-refractivity contribution in [1.82, 2.24) is 9.80 Å². The standard InChI is InChI=1S/C33H35F3N4O5/c1-7-44-29(41)27-20(2)40(24-10-8-9-23(18-24)33(34,35)36)30(42)38(6)28(27)25-12-11-21(19-37)17-26(25)22-13-15-39(16-14-22)31(43)45-32(3,4)5/h8-13,17-18,28H,7,14-16H2,1-6H3. The summed E-state index contributed by atoms with van der Waals surface area (Å²) in [5, 5.41) is 9.70. The second-order valence-corrected chi connectivity index (χ2v) is 11.7. The van der Waals surface area contributed by atoms with Gasteiger partial charge in [0.25, 0.3) is 0 Å². The molecule has 1 atom stereocenters. The fourth-order valence-electron chi connectivity index (χ4n) is 5.43. The number of carbonyl (C=O) groups is 3. The highest BCUT2D eigenvalue weighted by molar-refractivity contribution is 6.03. The molecule has 0 N–H and O–H groups in total. The van der Waals surface area contributed by atoms with E-state index in [-0.39, 0.29) is 30.1 Å². The zero-order chi connectivity index (χ0) is 33.3. The number of likely N-dealkylation sites (N-methyl/N-ethyl adjacent to an activating group) is 1. The maximum absolute atomic E-state index is 13.9. The minimum atomic E-state index is -4.64. The molecule has 238 valence electrons. The van der Waals surface area contributed by atoms with Gasteiger partial charge in [-0.2, -0.15) is 18.4 Å². The van der Waals surface area contributed by atoms with Crippen LogP contribution in [0.3, 0.4) is 0 Å². The summed E-state index contributed by atoms with van der Waals surface area (Å²) in [4.78, 5) is 44.0. The second kappa shape index (κ2) is 12.7. The molecule has 0 spiro atoms. The number of hydrogen-bond donors (Lipinski definition) is 0. The lowest BCUT2D eigenvalue weighted by Crippen LogP contribution is -2.49. The molecule has 0 saturated heterocycles. The highest BCUT2D eigenvalue weighted by atomic mass is 19.4. The summed E-state index contributed by atoms with van der Waals surface area (Å²) in [6.07, 6.45) is -2.86. The van der Waals surface area contributed by atoms with Gasteiger partial charge in [0.1, 0.15) is 5.60 Å². The van der Waals surface area contributed by atoms with Crippen LogP contribution < -0.4 is 4.90 Å². The van der Waals surface area contributed by atoms with Gasteiger partial charge in [0.05, 0.1) is 41.1 Å². The number of amides is 3. The van der Waals surface area contributed by atoms with E-state index in [1.54, 1.807) is 50.8 Å². The molecule has 2 aromatic carbocycles. The molecule has 2 aromatic rings. The minimum Gasteiger partial charge on any atom is -0.463 e. The SMILES string of the molecule is CCOC(=O)C1=C(C)N(c2cccc(C(F)(F)F)c2)C(=O)N(C)C1c1ccc(C#N)cc1C1=CCN(C(=O)OC(C)(C)C)CC1.